The van der Waals surface area contributed by atoms with Crippen LogP contribution in [0.1, 0.15) is 30.1 Å². The van der Waals surface area contributed by atoms with Crippen molar-refractivity contribution in [3.8, 4) is 0 Å². The van der Waals surface area contributed by atoms with Gasteiger partial charge in [0.25, 0.3) is 0 Å². The molecule has 1 aromatic carbocycles. The van der Waals surface area contributed by atoms with Gasteiger partial charge >= 0.3 is 0 Å². The minimum absolute atomic E-state index is 0.0923. The Morgan fingerprint density at radius 3 is 2.37 bits per heavy atom. The van der Waals surface area contributed by atoms with Crippen molar-refractivity contribution in [3.63, 3.8) is 0 Å². The molecule has 4 nitrogen and oxygen atoms in total. The zero-order valence-electron chi connectivity index (χ0n) is 10.8. The molecule has 1 amide bonds. The number of amides is 1. The highest BCUT2D eigenvalue weighted by molar-refractivity contribution is 5.83. The van der Waals surface area contributed by atoms with Gasteiger partial charge in [0.15, 0.2) is 0 Å². The number of carbonyl (C=O) groups is 1. The van der Waals surface area contributed by atoms with Crippen LogP contribution in [-0.4, -0.2) is 10.9 Å². The number of nitrogens with one attached hydrogen (secondary N) is 1. The third-order valence-corrected chi connectivity index (χ3v) is 3.01. The van der Waals surface area contributed by atoms with Crippen LogP contribution < -0.4 is 11.1 Å². The second kappa shape index (κ2) is 6.11. The Morgan fingerprint density at radius 2 is 1.74 bits per heavy atom. The molecular weight excluding hydrogens is 238 g/mol. The molecule has 2 rings (SSSR count). The van der Waals surface area contributed by atoms with Crippen molar-refractivity contribution >= 4 is 5.91 Å². The van der Waals surface area contributed by atoms with Gasteiger partial charge in [-0.2, -0.15) is 0 Å². The third-order valence-electron chi connectivity index (χ3n) is 3.01. The molecule has 2 atom stereocenters. The van der Waals surface area contributed by atoms with E-state index in [0.717, 1.165) is 11.1 Å². The third kappa shape index (κ3) is 3.39. The molecule has 0 unspecified atom stereocenters. The van der Waals surface area contributed by atoms with Crippen molar-refractivity contribution in [2.24, 2.45) is 5.73 Å². The Hall–Kier alpha value is -2.20. The molecule has 98 valence electrons. The fraction of sp³-hybridized carbons (Fsp3) is 0.200. The van der Waals surface area contributed by atoms with Gasteiger partial charge in [-0.25, -0.2) is 0 Å². The minimum atomic E-state index is -0.648. The lowest BCUT2D eigenvalue weighted by atomic mass is 10.1. The van der Waals surface area contributed by atoms with E-state index in [-0.39, 0.29) is 11.9 Å². The van der Waals surface area contributed by atoms with Crippen molar-refractivity contribution < 1.29 is 4.79 Å². The number of benzene rings is 1. The molecule has 2 aromatic rings. The number of nitrogens with two attached hydrogens (primary N) is 1. The first-order chi connectivity index (χ1) is 9.18. The zero-order valence-corrected chi connectivity index (χ0v) is 10.8. The maximum atomic E-state index is 12.1. The summed E-state index contributed by atoms with van der Waals surface area (Å²) < 4.78 is 0. The van der Waals surface area contributed by atoms with Gasteiger partial charge in [0.05, 0.1) is 6.04 Å². The molecule has 0 fully saturated rings. The van der Waals surface area contributed by atoms with Crippen LogP contribution in [-0.2, 0) is 4.79 Å². The Labute approximate surface area is 112 Å². The summed E-state index contributed by atoms with van der Waals surface area (Å²) in [6.45, 7) is 1.92. The quantitative estimate of drug-likeness (QED) is 0.877. The largest absolute Gasteiger partial charge is 0.348 e. The Bertz CT molecular complexity index is 528. The number of hydrogen-bond acceptors (Lipinski definition) is 3. The summed E-state index contributed by atoms with van der Waals surface area (Å²) >= 11 is 0. The molecule has 0 radical (unpaired) electrons. The molecule has 0 aliphatic heterocycles. The van der Waals surface area contributed by atoms with E-state index in [1.807, 2.05) is 49.4 Å². The number of rotatable bonds is 4. The number of hydrogen-bond donors (Lipinski definition) is 2. The lowest BCUT2D eigenvalue weighted by Gasteiger charge is -2.18. The van der Waals surface area contributed by atoms with Gasteiger partial charge in [0.2, 0.25) is 5.91 Å². The maximum Gasteiger partial charge on any atom is 0.241 e. The topological polar surface area (TPSA) is 68.0 Å². The Balaban J connectivity index is 2.02. The summed E-state index contributed by atoms with van der Waals surface area (Å²) in [7, 11) is 0. The first kappa shape index (κ1) is 13.2. The summed E-state index contributed by atoms with van der Waals surface area (Å²) in [4.78, 5) is 16.0. The van der Waals surface area contributed by atoms with Crippen LogP contribution in [0, 0.1) is 0 Å². The molecule has 1 aromatic heterocycles. The summed E-state index contributed by atoms with van der Waals surface area (Å²) in [6.07, 6.45) is 3.41. The number of aromatic nitrogens is 1. The normalized spacial score (nSPS) is 13.6. The van der Waals surface area contributed by atoms with Gasteiger partial charge in [-0.15, -0.1) is 0 Å². The average molecular weight is 255 g/mol. The highest BCUT2D eigenvalue weighted by atomic mass is 16.2. The van der Waals surface area contributed by atoms with Crippen molar-refractivity contribution in [2.45, 2.75) is 19.0 Å². The minimum Gasteiger partial charge on any atom is -0.348 e. The van der Waals surface area contributed by atoms with E-state index >= 15 is 0 Å². The average Bonchev–Trinajstić information content (AvgIpc) is 2.48. The lowest BCUT2D eigenvalue weighted by molar-refractivity contribution is -0.123. The monoisotopic (exact) mass is 255 g/mol. The lowest BCUT2D eigenvalue weighted by Crippen LogP contribution is -2.35. The zero-order chi connectivity index (χ0) is 13.7. The van der Waals surface area contributed by atoms with Gasteiger partial charge in [0.1, 0.15) is 6.04 Å². The molecule has 1 heterocycles. The smallest absolute Gasteiger partial charge is 0.241 e. The molecule has 0 aliphatic rings. The standard InChI is InChI=1S/C15H17N3O/c1-11(12-7-9-17-10-8-12)18-15(19)14(16)13-5-3-2-4-6-13/h2-11,14H,16H2,1H3,(H,18,19)/t11-,14+/m1/s1. The van der Waals surface area contributed by atoms with Crippen LogP contribution in [0.4, 0.5) is 0 Å². The molecule has 19 heavy (non-hydrogen) atoms. The van der Waals surface area contributed by atoms with Crippen molar-refractivity contribution in [2.75, 3.05) is 0 Å². The SMILES string of the molecule is C[C@@H](NC(=O)[C@@H](N)c1ccccc1)c1ccncc1. The molecule has 3 N–H and O–H groups in total. The number of carbonyl (C=O) groups excluding carboxylic acids is 1. The van der Waals surface area contributed by atoms with Crippen LogP contribution in [0.3, 0.4) is 0 Å². The van der Waals surface area contributed by atoms with E-state index in [4.69, 9.17) is 5.73 Å². The van der Waals surface area contributed by atoms with E-state index in [2.05, 4.69) is 10.3 Å². The predicted octanol–water partition coefficient (Wildman–Crippen LogP) is 1.96. The predicted molar refractivity (Wildman–Crippen MR) is 74.2 cm³/mol. The summed E-state index contributed by atoms with van der Waals surface area (Å²) in [5.41, 5.74) is 7.75. The van der Waals surface area contributed by atoms with Crippen LogP contribution in [0.2, 0.25) is 0 Å². The van der Waals surface area contributed by atoms with E-state index < -0.39 is 6.04 Å². The molecule has 4 heteroatoms. The van der Waals surface area contributed by atoms with Gasteiger partial charge in [-0.3, -0.25) is 9.78 Å². The summed E-state index contributed by atoms with van der Waals surface area (Å²) in [6, 6.07) is 12.3. The van der Waals surface area contributed by atoms with Gasteiger partial charge in [-0.05, 0) is 30.2 Å². The first-order valence-electron chi connectivity index (χ1n) is 6.19. The van der Waals surface area contributed by atoms with Gasteiger partial charge < -0.3 is 11.1 Å². The van der Waals surface area contributed by atoms with Crippen molar-refractivity contribution in [1.82, 2.24) is 10.3 Å². The molecule has 0 saturated heterocycles. The highest BCUT2D eigenvalue weighted by Crippen LogP contribution is 2.14. The van der Waals surface area contributed by atoms with Crippen molar-refractivity contribution in [3.05, 3.63) is 66.0 Å². The second-order valence-corrected chi connectivity index (χ2v) is 4.40. The first-order valence-corrected chi connectivity index (χ1v) is 6.19. The van der Waals surface area contributed by atoms with E-state index in [1.165, 1.54) is 0 Å². The Kier molecular flexibility index (Phi) is 4.26. The molecule has 0 bridgehead atoms. The summed E-state index contributed by atoms with van der Waals surface area (Å²) in [5, 5.41) is 2.90. The maximum absolute atomic E-state index is 12.1. The van der Waals surface area contributed by atoms with Crippen LogP contribution >= 0.6 is 0 Å². The fourth-order valence-corrected chi connectivity index (χ4v) is 1.85. The Morgan fingerprint density at radius 1 is 1.11 bits per heavy atom. The van der Waals surface area contributed by atoms with E-state index in [0.29, 0.717) is 0 Å². The number of pyridine rings is 1. The number of nitrogens with zero attached hydrogens (tertiary/aromatic N) is 1. The summed E-state index contributed by atoms with van der Waals surface area (Å²) in [5.74, 6) is -0.185. The fourth-order valence-electron chi connectivity index (χ4n) is 1.85. The van der Waals surface area contributed by atoms with E-state index in [9.17, 15) is 4.79 Å². The van der Waals surface area contributed by atoms with Crippen molar-refractivity contribution in [1.29, 1.82) is 0 Å². The van der Waals surface area contributed by atoms with Gasteiger partial charge in [0, 0.05) is 12.4 Å². The van der Waals surface area contributed by atoms with Crippen LogP contribution in [0.5, 0.6) is 0 Å². The van der Waals surface area contributed by atoms with E-state index in [1.54, 1.807) is 12.4 Å². The van der Waals surface area contributed by atoms with Crippen LogP contribution in [0.25, 0.3) is 0 Å². The van der Waals surface area contributed by atoms with Crippen LogP contribution in [0.15, 0.2) is 54.9 Å². The second-order valence-electron chi connectivity index (χ2n) is 4.40. The molecule has 0 saturated carbocycles. The highest BCUT2D eigenvalue weighted by Gasteiger charge is 2.17. The molecule has 0 aliphatic carbocycles. The van der Waals surface area contributed by atoms with Gasteiger partial charge in [-0.1, -0.05) is 30.3 Å². The molecular formula is C15H17N3O. The molecule has 0 spiro atoms.